The molecule has 1 unspecified atom stereocenters. The second-order valence-corrected chi connectivity index (χ2v) is 3.49. The third kappa shape index (κ3) is 2.54. The summed E-state index contributed by atoms with van der Waals surface area (Å²) in [4.78, 5) is 10.6. The van der Waals surface area contributed by atoms with Crippen LogP contribution in [0.25, 0.3) is 0 Å². The molecule has 0 aliphatic rings. The second-order valence-electron chi connectivity index (χ2n) is 2.59. The molecule has 0 aromatic heterocycles. The Morgan fingerprint density at radius 1 is 1.50 bits per heavy atom. The molecular formula is C8H7O5S-. The Morgan fingerprint density at radius 2 is 2.14 bits per heavy atom. The SMILES string of the molecule is O=C(O)c1cc(O)ccc1CS(=O)[O-]. The third-order valence-electron chi connectivity index (χ3n) is 1.60. The van der Waals surface area contributed by atoms with Crippen molar-refractivity contribution >= 4 is 17.0 Å². The van der Waals surface area contributed by atoms with E-state index in [1.807, 2.05) is 0 Å². The molecule has 0 saturated carbocycles. The van der Waals surface area contributed by atoms with E-state index >= 15 is 0 Å². The summed E-state index contributed by atoms with van der Waals surface area (Å²) in [6.07, 6.45) is 0. The zero-order chi connectivity index (χ0) is 10.7. The van der Waals surface area contributed by atoms with E-state index < -0.39 is 17.0 Å². The Morgan fingerprint density at radius 3 is 2.64 bits per heavy atom. The van der Waals surface area contributed by atoms with Crippen molar-refractivity contribution in [1.82, 2.24) is 0 Å². The van der Waals surface area contributed by atoms with Crippen molar-refractivity contribution < 1.29 is 23.8 Å². The summed E-state index contributed by atoms with van der Waals surface area (Å²) in [6.45, 7) is 0. The van der Waals surface area contributed by atoms with Gasteiger partial charge < -0.3 is 14.8 Å². The number of benzene rings is 1. The quantitative estimate of drug-likeness (QED) is 0.714. The summed E-state index contributed by atoms with van der Waals surface area (Å²) >= 11 is -2.34. The van der Waals surface area contributed by atoms with Gasteiger partial charge in [0.25, 0.3) is 0 Å². The lowest BCUT2D eigenvalue weighted by molar-refractivity contribution is 0.0695. The van der Waals surface area contributed by atoms with Crippen LogP contribution in [0, 0.1) is 0 Å². The summed E-state index contributed by atoms with van der Waals surface area (Å²) in [6, 6.07) is 3.54. The molecule has 0 spiro atoms. The maximum Gasteiger partial charge on any atom is 0.336 e. The lowest BCUT2D eigenvalue weighted by atomic mass is 10.1. The van der Waals surface area contributed by atoms with Gasteiger partial charge in [0.15, 0.2) is 0 Å². The monoisotopic (exact) mass is 215 g/mol. The predicted molar refractivity (Wildman–Crippen MR) is 47.7 cm³/mol. The number of carboxylic acid groups (broad SMARTS) is 1. The van der Waals surface area contributed by atoms with Crippen LogP contribution in [0.4, 0.5) is 0 Å². The first-order valence-electron chi connectivity index (χ1n) is 3.61. The van der Waals surface area contributed by atoms with Gasteiger partial charge >= 0.3 is 5.97 Å². The Hall–Kier alpha value is -1.40. The Bertz CT molecular complexity index is 387. The summed E-state index contributed by atoms with van der Waals surface area (Å²) < 4.78 is 20.7. The van der Waals surface area contributed by atoms with Gasteiger partial charge in [0.05, 0.1) is 5.56 Å². The van der Waals surface area contributed by atoms with E-state index in [0.29, 0.717) is 0 Å². The van der Waals surface area contributed by atoms with Gasteiger partial charge in [0, 0.05) is 5.75 Å². The molecule has 1 aromatic rings. The minimum absolute atomic E-state index is 0.156. The van der Waals surface area contributed by atoms with Crippen LogP contribution in [-0.2, 0) is 16.8 Å². The fraction of sp³-hybridized carbons (Fsp3) is 0.125. The number of carboxylic acids is 1. The summed E-state index contributed by atoms with van der Waals surface area (Å²) in [5.74, 6) is -1.84. The molecule has 0 aliphatic heterocycles. The lowest BCUT2D eigenvalue weighted by Crippen LogP contribution is -2.04. The molecule has 0 bridgehead atoms. The molecule has 0 amide bonds. The van der Waals surface area contributed by atoms with Crippen LogP contribution in [0.5, 0.6) is 5.75 Å². The first kappa shape index (κ1) is 10.7. The molecule has 2 N–H and O–H groups in total. The zero-order valence-corrected chi connectivity index (χ0v) is 7.78. The number of carbonyl (C=O) groups is 1. The molecule has 6 heteroatoms. The molecule has 0 fully saturated rings. The maximum atomic E-state index is 10.6. The van der Waals surface area contributed by atoms with Crippen LogP contribution >= 0.6 is 0 Å². The molecule has 1 rings (SSSR count). The van der Waals surface area contributed by atoms with Crippen molar-refractivity contribution in [2.75, 3.05) is 0 Å². The van der Waals surface area contributed by atoms with Gasteiger partial charge in [0.2, 0.25) is 0 Å². The highest BCUT2D eigenvalue weighted by Crippen LogP contribution is 2.17. The number of hydrogen-bond acceptors (Lipinski definition) is 4. The molecule has 14 heavy (non-hydrogen) atoms. The van der Waals surface area contributed by atoms with E-state index in [2.05, 4.69) is 0 Å². The van der Waals surface area contributed by atoms with Gasteiger partial charge in [-0.25, -0.2) is 4.79 Å². The van der Waals surface area contributed by atoms with Gasteiger partial charge in [-0.05, 0) is 17.7 Å². The molecule has 5 nitrogen and oxygen atoms in total. The molecule has 76 valence electrons. The smallest absolute Gasteiger partial charge is 0.336 e. The van der Waals surface area contributed by atoms with Gasteiger partial charge in [-0.3, -0.25) is 4.21 Å². The van der Waals surface area contributed by atoms with Gasteiger partial charge in [-0.2, -0.15) is 0 Å². The molecule has 1 atom stereocenters. The van der Waals surface area contributed by atoms with Crippen LogP contribution < -0.4 is 0 Å². The van der Waals surface area contributed by atoms with Gasteiger partial charge in [0.1, 0.15) is 5.75 Å². The van der Waals surface area contributed by atoms with E-state index in [-0.39, 0.29) is 22.6 Å². The van der Waals surface area contributed by atoms with E-state index in [9.17, 15) is 13.6 Å². The molecule has 0 heterocycles. The average molecular weight is 215 g/mol. The highest BCUT2D eigenvalue weighted by Gasteiger charge is 2.10. The predicted octanol–water partition coefficient (Wildman–Crippen LogP) is 0.470. The zero-order valence-electron chi connectivity index (χ0n) is 6.97. The van der Waals surface area contributed by atoms with E-state index in [1.165, 1.54) is 12.1 Å². The molecule has 0 saturated heterocycles. The first-order chi connectivity index (χ1) is 6.50. The fourth-order valence-electron chi connectivity index (χ4n) is 1.02. The summed E-state index contributed by atoms with van der Waals surface area (Å²) in [7, 11) is 0. The van der Waals surface area contributed by atoms with Crippen LogP contribution in [0.3, 0.4) is 0 Å². The summed E-state index contributed by atoms with van der Waals surface area (Å²) in [5.41, 5.74) is -0.0437. The Labute approximate surface area is 82.3 Å². The fourth-order valence-corrected chi connectivity index (χ4v) is 1.52. The topological polar surface area (TPSA) is 97.7 Å². The average Bonchev–Trinajstić information content (AvgIpc) is 2.07. The van der Waals surface area contributed by atoms with E-state index in [1.54, 1.807) is 0 Å². The van der Waals surface area contributed by atoms with Crippen LogP contribution in [-0.4, -0.2) is 24.9 Å². The number of phenolic OH excluding ortho intramolecular Hbond substituents is 1. The molecule has 0 radical (unpaired) electrons. The molecular weight excluding hydrogens is 208 g/mol. The van der Waals surface area contributed by atoms with Crippen molar-refractivity contribution in [3.05, 3.63) is 29.3 Å². The van der Waals surface area contributed by atoms with Crippen molar-refractivity contribution in [3.8, 4) is 5.75 Å². The minimum atomic E-state index is -2.34. The summed E-state index contributed by atoms with van der Waals surface area (Å²) in [5, 5.41) is 17.7. The highest BCUT2D eigenvalue weighted by molar-refractivity contribution is 7.78. The lowest BCUT2D eigenvalue weighted by Gasteiger charge is -2.08. The Kier molecular flexibility index (Phi) is 3.21. The standard InChI is InChI=1S/C8H8O5S/c9-6-2-1-5(4-14(12)13)7(3-6)8(10)11/h1-3,9H,4H2,(H,10,11)(H,12,13)/p-1. The number of aromatic carboxylic acids is 1. The van der Waals surface area contributed by atoms with Crippen molar-refractivity contribution in [2.24, 2.45) is 0 Å². The van der Waals surface area contributed by atoms with Crippen LogP contribution in [0.2, 0.25) is 0 Å². The Balaban J connectivity index is 3.14. The number of aromatic hydroxyl groups is 1. The number of phenols is 1. The van der Waals surface area contributed by atoms with E-state index in [0.717, 1.165) is 6.07 Å². The largest absolute Gasteiger partial charge is 0.772 e. The first-order valence-corrected chi connectivity index (χ1v) is 4.86. The highest BCUT2D eigenvalue weighted by atomic mass is 32.2. The maximum absolute atomic E-state index is 10.6. The van der Waals surface area contributed by atoms with Crippen molar-refractivity contribution in [2.45, 2.75) is 5.75 Å². The van der Waals surface area contributed by atoms with Crippen molar-refractivity contribution in [1.29, 1.82) is 0 Å². The second kappa shape index (κ2) is 4.21. The molecule has 1 aromatic carbocycles. The van der Waals surface area contributed by atoms with E-state index in [4.69, 9.17) is 10.2 Å². The van der Waals surface area contributed by atoms with Crippen molar-refractivity contribution in [3.63, 3.8) is 0 Å². The number of rotatable bonds is 3. The minimum Gasteiger partial charge on any atom is -0.772 e. The van der Waals surface area contributed by atoms with Crippen LogP contribution in [0.1, 0.15) is 15.9 Å². The number of hydrogen-bond donors (Lipinski definition) is 2. The normalized spacial score (nSPS) is 12.4. The van der Waals surface area contributed by atoms with Gasteiger partial charge in [-0.15, -0.1) is 0 Å². The van der Waals surface area contributed by atoms with Gasteiger partial charge in [-0.1, -0.05) is 17.1 Å². The third-order valence-corrected chi connectivity index (χ3v) is 2.14. The van der Waals surface area contributed by atoms with Crippen LogP contribution in [0.15, 0.2) is 18.2 Å². The molecule has 0 aliphatic carbocycles.